The topological polar surface area (TPSA) is 75.6 Å². The highest BCUT2D eigenvalue weighted by molar-refractivity contribution is 5.79. The Kier molecular flexibility index (Phi) is 5.95. The number of amides is 1. The predicted molar refractivity (Wildman–Crippen MR) is 91.0 cm³/mol. The smallest absolute Gasteiger partial charge is 0.341 e. The molecule has 0 fully saturated rings. The van der Waals surface area contributed by atoms with Crippen LogP contribution in [0.5, 0.6) is 5.75 Å². The van der Waals surface area contributed by atoms with Crippen molar-refractivity contribution in [2.45, 2.75) is 26.3 Å². The fraction of sp³-hybridized carbons (Fsp3) is 0.263. The molecule has 5 nitrogen and oxygen atoms in total. The van der Waals surface area contributed by atoms with Crippen molar-refractivity contribution >= 4 is 11.9 Å². The molecule has 24 heavy (non-hydrogen) atoms. The summed E-state index contributed by atoms with van der Waals surface area (Å²) in [5.41, 5.74) is 3.07. The molecule has 1 unspecified atom stereocenters. The van der Waals surface area contributed by atoms with Gasteiger partial charge in [-0.15, -0.1) is 0 Å². The normalized spacial score (nSPS) is 11.6. The molecule has 0 aliphatic heterocycles. The first-order valence-corrected chi connectivity index (χ1v) is 7.73. The lowest BCUT2D eigenvalue weighted by Crippen LogP contribution is -2.28. The average molecular weight is 327 g/mol. The summed E-state index contributed by atoms with van der Waals surface area (Å²) >= 11 is 0. The number of carbonyl (C=O) groups is 2. The van der Waals surface area contributed by atoms with Gasteiger partial charge in [-0.3, -0.25) is 4.79 Å². The van der Waals surface area contributed by atoms with Crippen molar-refractivity contribution in [3.05, 3.63) is 65.2 Å². The van der Waals surface area contributed by atoms with E-state index in [0.29, 0.717) is 12.2 Å². The first-order chi connectivity index (χ1) is 11.4. The van der Waals surface area contributed by atoms with E-state index in [1.807, 2.05) is 50.2 Å². The molecule has 0 bridgehead atoms. The SMILES string of the molecule is Cc1ccc(CC(=O)NC(C)c2ccc(OCC(=O)O)cc2)cc1. The minimum absolute atomic E-state index is 0.0439. The number of benzene rings is 2. The summed E-state index contributed by atoms with van der Waals surface area (Å²) in [5.74, 6) is -0.576. The second-order valence-electron chi connectivity index (χ2n) is 5.70. The predicted octanol–water partition coefficient (Wildman–Crippen LogP) is 2.88. The first-order valence-electron chi connectivity index (χ1n) is 7.73. The molecule has 1 amide bonds. The van der Waals surface area contributed by atoms with Crippen LogP contribution in [-0.2, 0) is 16.0 Å². The van der Waals surface area contributed by atoms with E-state index in [0.717, 1.165) is 16.7 Å². The van der Waals surface area contributed by atoms with Crippen molar-refractivity contribution in [2.24, 2.45) is 0 Å². The van der Waals surface area contributed by atoms with E-state index in [1.165, 1.54) is 0 Å². The van der Waals surface area contributed by atoms with E-state index in [1.54, 1.807) is 12.1 Å². The summed E-state index contributed by atoms with van der Waals surface area (Å²) in [6, 6.07) is 14.8. The van der Waals surface area contributed by atoms with E-state index in [9.17, 15) is 9.59 Å². The Morgan fingerprint density at radius 1 is 1.08 bits per heavy atom. The third kappa shape index (κ3) is 5.43. The Balaban J connectivity index is 1.88. The number of aryl methyl sites for hydroxylation is 1. The highest BCUT2D eigenvalue weighted by Gasteiger charge is 2.10. The van der Waals surface area contributed by atoms with E-state index in [-0.39, 0.29) is 18.6 Å². The van der Waals surface area contributed by atoms with E-state index < -0.39 is 5.97 Å². The van der Waals surface area contributed by atoms with Gasteiger partial charge in [-0.25, -0.2) is 4.79 Å². The molecule has 0 spiro atoms. The number of carbonyl (C=O) groups excluding carboxylic acids is 1. The Morgan fingerprint density at radius 2 is 1.71 bits per heavy atom. The Labute approximate surface area is 141 Å². The molecule has 0 radical (unpaired) electrons. The molecular formula is C19H21NO4. The van der Waals surface area contributed by atoms with Crippen LogP contribution < -0.4 is 10.1 Å². The minimum atomic E-state index is -1.02. The summed E-state index contributed by atoms with van der Waals surface area (Å²) in [6.45, 7) is 3.54. The van der Waals surface area contributed by atoms with Crippen LogP contribution in [0.25, 0.3) is 0 Å². The molecule has 2 aromatic carbocycles. The molecule has 2 rings (SSSR count). The van der Waals surface area contributed by atoms with Crippen LogP contribution in [0.4, 0.5) is 0 Å². The van der Waals surface area contributed by atoms with E-state index in [2.05, 4.69) is 5.32 Å². The van der Waals surface area contributed by atoms with Gasteiger partial charge in [-0.05, 0) is 37.1 Å². The maximum absolute atomic E-state index is 12.1. The number of carboxylic acids is 1. The number of nitrogens with one attached hydrogen (secondary N) is 1. The fourth-order valence-corrected chi connectivity index (χ4v) is 2.26. The largest absolute Gasteiger partial charge is 0.482 e. The van der Waals surface area contributed by atoms with Gasteiger partial charge in [0, 0.05) is 0 Å². The van der Waals surface area contributed by atoms with Crippen molar-refractivity contribution in [3.8, 4) is 5.75 Å². The lowest BCUT2D eigenvalue weighted by Gasteiger charge is -2.15. The van der Waals surface area contributed by atoms with Gasteiger partial charge in [-0.1, -0.05) is 42.0 Å². The zero-order chi connectivity index (χ0) is 17.5. The monoisotopic (exact) mass is 327 g/mol. The van der Waals surface area contributed by atoms with Crippen molar-refractivity contribution in [1.29, 1.82) is 0 Å². The fourth-order valence-electron chi connectivity index (χ4n) is 2.26. The van der Waals surface area contributed by atoms with Crippen LogP contribution in [0.3, 0.4) is 0 Å². The van der Waals surface area contributed by atoms with Crippen LogP contribution in [-0.4, -0.2) is 23.6 Å². The van der Waals surface area contributed by atoms with Crippen molar-refractivity contribution in [3.63, 3.8) is 0 Å². The van der Waals surface area contributed by atoms with Gasteiger partial charge in [0.15, 0.2) is 6.61 Å². The number of rotatable bonds is 7. The quantitative estimate of drug-likeness (QED) is 0.820. The maximum Gasteiger partial charge on any atom is 0.341 e. The molecular weight excluding hydrogens is 306 g/mol. The van der Waals surface area contributed by atoms with Crippen molar-refractivity contribution in [2.75, 3.05) is 6.61 Å². The molecule has 0 aliphatic rings. The minimum Gasteiger partial charge on any atom is -0.482 e. The van der Waals surface area contributed by atoms with E-state index in [4.69, 9.17) is 9.84 Å². The first kappa shape index (κ1) is 17.5. The molecule has 0 saturated heterocycles. The molecule has 5 heteroatoms. The molecule has 0 aromatic heterocycles. The lowest BCUT2D eigenvalue weighted by atomic mass is 10.1. The summed E-state index contributed by atoms with van der Waals surface area (Å²) in [6.07, 6.45) is 0.338. The summed E-state index contributed by atoms with van der Waals surface area (Å²) < 4.78 is 5.08. The molecule has 0 heterocycles. The highest BCUT2D eigenvalue weighted by Crippen LogP contribution is 2.18. The van der Waals surface area contributed by atoms with Crippen LogP contribution in [0.15, 0.2) is 48.5 Å². The second-order valence-corrected chi connectivity index (χ2v) is 5.70. The number of hydrogen-bond donors (Lipinski definition) is 2. The number of ether oxygens (including phenoxy) is 1. The highest BCUT2D eigenvalue weighted by atomic mass is 16.5. The maximum atomic E-state index is 12.1. The number of carboxylic acid groups (broad SMARTS) is 1. The average Bonchev–Trinajstić information content (AvgIpc) is 2.55. The van der Waals surface area contributed by atoms with Crippen LogP contribution in [0, 0.1) is 6.92 Å². The zero-order valence-corrected chi connectivity index (χ0v) is 13.8. The standard InChI is InChI=1S/C19H21NO4/c1-13-3-5-15(6-4-13)11-18(21)20-14(2)16-7-9-17(10-8-16)24-12-19(22)23/h3-10,14H,11-12H2,1-2H3,(H,20,21)(H,22,23). The molecule has 126 valence electrons. The summed E-state index contributed by atoms with van der Waals surface area (Å²) in [7, 11) is 0. The number of hydrogen-bond acceptors (Lipinski definition) is 3. The van der Waals surface area contributed by atoms with Gasteiger partial charge in [0.2, 0.25) is 5.91 Å². The Bertz CT molecular complexity index is 692. The lowest BCUT2D eigenvalue weighted by molar-refractivity contribution is -0.139. The van der Waals surface area contributed by atoms with Gasteiger partial charge >= 0.3 is 5.97 Å². The molecule has 1 atom stereocenters. The summed E-state index contributed by atoms with van der Waals surface area (Å²) in [4.78, 5) is 22.6. The zero-order valence-electron chi connectivity index (χ0n) is 13.8. The molecule has 2 aromatic rings. The van der Waals surface area contributed by atoms with Crippen molar-refractivity contribution in [1.82, 2.24) is 5.32 Å². The van der Waals surface area contributed by atoms with E-state index >= 15 is 0 Å². The summed E-state index contributed by atoms with van der Waals surface area (Å²) in [5, 5.41) is 11.5. The van der Waals surface area contributed by atoms with Gasteiger partial charge in [0.25, 0.3) is 0 Å². The Hall–Kier alpha value is -2.82. The van der Waals surface area contributed by atoms with Crippen LogP contribution in [0.1, 0.15) is 29.7 Å². The van der Waals surface area contributed by atoms with Crippen molar-refractivity contribution < 1.29 is 19.4 Å². The third-order valence-electron chi connectivity index (χ3n) is 3.61. The van der Waals surface area contributed by atoms with Gasteiger partial charge in [0.1, 0.15) is 5.75 Å². The Morgan fingerprint density at radius 3 is 2.29 bits per heavy atom. The van der Waals surface area contributed by atoms with Gasteiger partial charge < -0.3 is 15.2 Å². The third-order valence-corrected chi connectivity index (χ3v) is 3.61. The molecule has 2 N–H and O–H groups in total. The molecule has 0 saturated carbocycles. The molecule has 0 aliphatic carbocycles. The number of aliphatic carboxylic acids is 1. The van der Waals surface area contributed by atoms with Crippen LogP contribution in [0.2, 0.25) is 0 Å². The van der Waals surface area contributed by atoms with Gasteiger partial charge in [0.05, 0.1) is 12.5 Å². The van der Waals surface area contributed by atoms with Crippen LogP contribution >= 0.6 is 0 Å². The second kappa shape index (κ2) is 8.15. The van der Waals surface area contributed by atoms with Gasteiger partial charge in [-0.2, -0.15) is 0 Å².